The van der Waals surface area contributed by atoms with Crippen molar-refractivity contribution < 1.29 is 4.74 Å². The molecule has 110 valence electrons. The first-order chi connectivity index (χ1) is 10.5. The molecule has 0 radical (unpaired) electrons. The molecule has 0 unspecified atom stereocenters. The van der Waals surface area contributed by atoms with Gasteiger partial charge in [-0.2, -0.15) is 5.26 Å². The summed E-state index contributed by atoms with van der Waals surface area (Å²) in [6.45, 7) is 1.81. The van der Waals surface area contributed by atoms with Gasteiger partial charge in [-0.25, -0.2) is 0 Å². The van der Waals surface area contributed by atoms with E-state index < -0.39 is 5.92 Å². The average Bonchev–Trinajstić information content (AvgIpc) is 2.52. The number of rotatable bonds is 1. The zero-order valence-corrected chi connectivity index (χ0v) is 12.2. The van der Waals surface area contributed by atoms with Gasteiger partial charge in [0.15, 0.2) is 0 Å². The Kier molecular flexibility index (Phi) is 3.18. The molecule has 6 nitrogen and oxygen atoms in total. The quantitative estimate of drug-likeness (QED) is 0.855. The van der Waals surface area contributed by atoms with Crippen molar-refractivity contribution >= 4 is 0 Å². The van der Waals surface area contributed by atoms with E-state index in [4.69, 9.17) is 10.5 Å². The van der Waals surface area contributed by atoms with Crippen LogP contribution in [-0.4, -0.2) is 9.55 Å². The lowest BCUT2D eigenvalue weighted by Gasteiger charge is -2.26. The topological polar surface area (TPSA) is 93.9 Å². The molecular weight excluding hydrogens is 280 g/mol. The lowest BCUT2D eigenvalue weighted by atomic mass is 9.85. The van der Waals surface area contributed by atoms with Crippen molar-refractivity contribution in [1.29, 1.82) is 5.26 Å². The van der Waals surface area contributed by atoms with Gasteiger partial charge >= 0.3 is 0 Å². The molecule has 0 amide bonds. The third-order valence-electron chi connectivity index (χ3n) is 3.87. The number of hydrogen-bond donors (Lipinski definition) is 1. The van der Waals surface area contributed by atoms with Crippen molar-refractivity contribution in [2.75, 3.05) is 0 Å². The molecule has 0 saturated heterocycles. The third-order valence-corrected chi connectivity index (χ3v) is 3.87. The van der Waals surface area contributed by atoms with Crippen LogP contribution in [0.15, 0.2) is 46.8 Å². The summed E-state index contributed by atoms with van der Waals surface area (Å²) >= 11 is 0. The van der Waals surface area contributed by atoms with Gasteiger partial charge in [0.25, 0.3) is 5.56 Å². The average molecular weight is 294 g/mol. The molecule has 1 aliphatic rings. The van der Waals surface area contributed by atoms with Crippen molar-refractivity contribution in [2.45, 2.75) is 12.8 Å². The Bertz CT molecular complexity index is 875. The molecule has 6 heteroatoms. The van der Waals surface area contributed by atoms with Gasteiger partial charge in [-0.05, 0) is 18.6 Å². The van der Waals surface area contributed by atoms with Crippen molar-refractivity contribution in [1.82, 2.24) is 9.55 Å². The molecule has 3 heterocycles. The zero-order chi connectivity index (χ0) is 15.9. The third kappa shape index (κ3) is 1.95. The fourth-order valence-corrected chi connectivity index (χ4v) is 2.62. The maximum atomic E-state index is 12.7. The van der Waals surface area contributed by atoms with Crippen LogP contribution in [0.2, 0.25) is 0 Å². The summed E-state index contributed by atoms with van der Waals surface area (Å²) in [5.74, 6) is -0.149. The number of ether oxygens (including phenoxy) is 1. The molecule has 2 aromatic rings. The molecule has 0 aliphatic carbocycles. The van der Waals surface area contributed by atoms with E-state index >= 15 is 0 Å². The van der Waals surface area contributed by atoms with Crippen LogP contribution in [0.1, 0.15) is 22.7 Å². The molecule has 1 atom stereocenters. The lowest BCUT2D eigenvalue weighted by molar-refractivity contribution is 0.389. The monoisotopic (exact) mass is 294 g/mol. The number of aromatic nitrogens is 2. The van der Waals surface area contributed by atoms with Crippen LogP contribution in [0.3, 0.4) is 0 Å². The van der Waals surface area contributed by atoms with Gasteiger partial charge in [0.1, 0.15) is 17.4 Å². The van der Waals surface area contributed by atoms with Crippen LogP contribution in [-0.2, 0) is 7.05 Å². The summed E-state index contributed by atoms with van der Waals surface area (Å²) < 4.78 is 7.03. The summed E-state index contributed by atoms with van der Waals surface area (Å²) in [7, 11) is 1.69. The van der Waals surface area contributed by atoms with Crippen molar-refractivity contribution in [3.63, 3.8) is 0 Å². The van der Waals surface area contributed by atoms with Gasteiger partial charge in [0, 0.05) is 31.2 Å². The predicted octanol–water partition coefficient (Wildman–Crippen LogP) is 1.31. The molecule has 0 spiro atoms. The summed E-state index contributed by atoms with van der Waals surface area (Å²) in [5, 5.41) is 9.44. The number of nitrogens with two attached hydrogens (primary N) is 1. The summed E-state index contributed by atoms with van der Waals surface area (Å²) in [5.41, 5.74) is 7.79. The minimum atomic E-state index is -0.568. The smallest absolute Gasteiger partial charge is 0.258 e. The number of nitriles is 1. The molecule has 2 N–H and O–H groups in total. The number of allylic oxidation sites excluding steroid dienone is 1. The Hall–Kier alpha value is -3.07. The van der Waals surface area contributed by atoms with Crippen LogP contribution in [0.4, 0.5) is 0 Å². The van der Waals surface area contributed by atoms with E-state index in [-0.39, 0.29) is 17.0 Å². The first-order valence-electron chi connectivity index (χ1n) is 6.72. The van der Waals surface area contributed by atoms with E-state index in [2.05, 4.69) is 11.1 Å². The van der Waals surface area contributed by atoms with E-state index in [0.29, 0.717) is 11.3 Å². The van der Waals surface area contributed by atoms with E-state index in [1.807, 2.05) is 13.0 Å². The summed E-state index contributed by atoms with van der Waals surface area (Å²) in [4.78, 5) is 16.7. The molecule has 3 rings (SSSR count). The minimum absolute atomic E-state index is 0.0245. The molecule has 2 aromatic heterocycles. The second-order valence-corrected chi connectivity index (χ2v) is 5.14. The normalized spacial score (nSPS) is 16.7. The second kappa shape index (κ2) is 5.04. The zero-order valence-electron chi connectivity index (χ0n) is 12.2. The highest BCUT2D eigenvalue weighted by Gasteiger charge is 2.33. The number of hydrogen-bond acceptors (Lipinski definition) is 5. The molecular formula is C16H14N4O2. The van der Waals surface area contributed by atoms with Crippen molar-refractivity contribution in [3.8, 4) is 11.8 Å². The van der Waals surface area contributed by atoms with Gasteiger partial charge in [0.05, 0.1) is 11.5 Å². The molecule has 22 heavy (non-hydrogen) atoms. The van der Waals surface area contributed by atoms with Crippen LogP contribution < -0.4 is 16.0 Å². The maximum absolute atomic E-state index is 12.7. The molecule has 0 fully saturated rings. The highest BCUT2D eigenvalue weighted by atomic mass is 16.5. The van der Waals surface area contributed by atoms with E-state index in [1.165, 1.54) is 4.57 Å². The first kappa shape index (κ1) is 13.9. The largest absolute Gasteiger partial charge is 0.440 e. The van der Waals surface area contributed by atoms with Crippen LogP contribution in [0.25, 0.3) is 0 Å². The van der Waals surface area contributed by atoms with Gasteiger partial charge < -0.3 is 15.0 Å². The standard InChI is InChI=1S/C16H14N4O2/c1-9-6-12-14(16(21)20(9)2)13(10-4-3-5-19-8-10)11(7-17)15(18)22-12/h3-6,8,13H,18H2,1-2H3/t13-/m1/s1. The van der Waals surface area contributed by atoms with Crippen LogP contribution >= 0.6 is 0 Å². The Balaban J connectivity index is 2.36. The fourth-order valence-electron chi connectivity index (χ4n) is 2.62. The van der Waals surface area contributed by atoms with E-state index in [1.54, 1.807) is 31.6 Å². The van der Waals surface area contributed by atoms with Gasteiger partial charge in [-0.15, -0.1) is 0 Å². The number of nitrogens with zero attached hydrogens (tertiary/aromatic N) is 3. The summed E-state index contributed by atoms with van der Waals surface area (Å²) in [6, 6.07) is 7.38. The molecule has 0 saturated carbocycles. The summed E-state index contributed by atoms with van der Waals surface area (Å²) in [6.07, 6.45) is 3.26. The Morgan fingerprint density at radius 1 is 1.50 bits per heavy atom. The molecule has 0 bridgehead atoms. The SMILES string of the molecule is Cc1cc2c(c(=O)n1C)[C@H](c1cccnc1)C(C#N)=C(N)O2. The van der Waals surface area contributed by atoms with E-state index in [9.17, 15) is 10.1 Å². The number of pyridine rings is 2. The second-order valence-electron chi connectivity index (χ2n) is 5.14. The molecule has 1 aliphatic heterocycles. The van der Waals surface area contributed by atoms with Crippen molar-refractivity contribution in [2.24, 2.45) is 12.8 Å². The Labute approximate surface area is 127 Å². The van der Waals surface area contributed by atoms with Crippen LogP contribution in [0, 0.1) is 18.3 Å². The van der Waals surface area contributed by atoms with Crippen molar-refractivity contribution in [3.05, 3.63) is 69.2 Å². The van der Waals surface area contributed by atoms with Gasteiger partial charge in [-0.3, -0.25) is 9.78 Å². The predicted molar refractivity (Wildman–Crippen MR) is 80.0 cm³/mol. The Morgan fingerprint density at radius 3 is 2.91 bits per heavy atom. The van der Waals surface area contributed by atoms with Crippen LogP contribution in [0.5, 0.6) is 5.75 Å². The number of aryl methyl sites for hydroxylation is 1. The van der Waals surface area contributed by atoms with Gasteiger partial charge in [-0.1, -0.05) is 6.07 Å². The van der Waals surface area contributed by atoms with E-state index in [0.717, 1.165) is 11.3 Å². The first-order valence-corrected chi connectivity index (χ1v) is 6.72. The lowest BCUT2D eigenvalue weighted by Crippen LogP contribution is -2.31. The Morgan fingerprint density at radius 2 is 2.27 bits per heavy atom. The highest BCUT2D eigenvalue weighted by molar-refractivity contribution is 5.54. The van der Waals surface area contributed by atoms with Gasteiger partial charge in [0.2, 0.25) is 5.88 Å². The number of fused-ring (bicyclic) bond motifs is 1. The highest BCUT2D eigenvalue weighted by Crippen LogP contribution is 2.39. The molecule has 0 aromatic carbocycles. The fraction of sp³-hybridized carbons (Fsp3) is 0.188. The maximum Gasteiger partial charge on any atom is 0.258 e. The minimum Gasteiger partial charge on any atom is -0.440 e.